The molecule has 5 heteroatoms. The van der Waals surface area contributed by atoms with Crippen molar-refractivity contribution >= 4 is 11.3 Å². The molecule has 0 amide bonds. The van der Waals surface area contributed by atoms with Crippen molar-refractivity contribution in [3.05, 3.63) is 23.8 Å². The van der Waals surface area contributed by atoms with Gasteiger partial charge in [0.25, 0.3) is 11.3 Å². The molecule has 1 atom stereocenters. The van der Waals surface area contributed by atoms with Crippen LogP contribution in [-0.2, 0) is 11.3 Å². The number of rotatable bonds is 13. The Hall–Kier alpha value is -1.07. The molecule has 4 nitrogen and oxygen atoms in total. The molecule has 1 N–H and O–H groups in total. The molecular weight excluding hydrogens is 310 g/mol. The topological polar surface area (TPSA) is 47.6 Å². The second-order valence-corrected chi connectivity index (χ2v) is 6.70. The van der Waals surface area contributed by atoms with Crippen LogP contribution in [0.25, 0.3) is 0 Å². The SMILES string of the molecule is CCCCCCCCOc1ccc(C)cc1OS(=O)NCCC. The molecule has 0 saturated carbocycles. The quantitative estimate of drug-likeness (QED) is 0.529. The summed E-state index contributed by atoms with van der Waals surface area (Å²) in [6.45, 7) is 7.55. The third-order valence-corrected chi connectivity index (χ3v) is 4.26. The van der Waals surface area contributed by atoms with E-state index >= 15 is 0 Å². The van der Waals surface area contributed by atoms with Gasteiger partial charge < -0.3 is 8.92 Å². The van der Waals surface area contributed by atoms with Crippen LogP contribution in [0.3, 0.4) is 0 Å². The van der Waals surface area contributed by atoms with Gasteiger partial charge in [0.15, 0.2) is 11.5 Å². The number of ether oxygens (including phenoxy) is 1. The Bertz CT molecular complexity index is 466. The first-order valence-corrected chi connectivity index (χ1v) is 9.82. The fraction of sp³-hybridized carbons (Fsp3) is 0.667. The van der Waals surface area contributed by atoms with Gasteiger partial charge in [-0.2, -0.15) is 4.21 Å². The molecular formula is C18H31NO3S. The Morgan fingerprint density at radius 2 is 1.74 bits per heavy atom. The maximum atomic E-state index is 11.8. The minimum atomic E-state index is -1.53. The Balaban J connectivity index is 2.43. The van der Waals surface area contributed by atoms with Gasteiger partial charge in [-0.3, -0.25) is 0 Å². The summed E-state index contributed by atoms with van der Waals surface area (Å²) in [4.78, 5) is 0. The van der Waals surface area contributed by atoms with Gasteiger partial charge in [-0.05, 0) is 37.5 Å². The number of benzene rings is 1. The largest absolute Gasteiger partial charge is 0.490 e. The van der Waals surface area contributed by atoms with Gasteiger partial charge >= 0.3 is 0 Å². The normalized spacial score (nSPS) is 12.1. The fourth-order valence-corrected chi connectivity index (χ4v) is 2.88. The van der Waals surface area contributed by atoms with Gasteiger partial charge in [0.1, 0.15) is 0 Å². The van der Waals surface area contributed by atoms with Crippen LogP contribution >= 0.6 is 0 Å². The van der Waals surface area contributed by atoms with Gasteiger partial charge in [-0.25, -0.2) is 4.72 Å². The lowest BCUT2D eigenvalue weighted by Crippen LogP contribution is -2.22. The van der Waals surface area contributed by atoms with Crippen molar-refractivity contribution in [2.45, 2.75) is 65.7 Å². The molecule has 23 heavy (non-hydrogen) atoms. The summed E-state index contributed by atoms with van der Waals surface area (Å²) >= 11 is -1.53. The van der Waals surface area contributed by atoms with Crippen molar-refractivity contribution < 1.29 is 13.1 Å². The molecule has 0 aromatic heterocycles. The maximum Gasteiger partial charge on any atom is 0.288 e. The molecule has 0 aliphatic heterocycles. The predicted molar refractivity (Wildman–Crippen MR) is 97.1 cm³/mol. The monoisotopic (exact) mass is 341 g/mol. The molecule has 0 bridgehead atoms. The minimum Gasteiger partial charge on any atom is -0.490 e. The molecule has 1 aromatic carbocycles. The van der Waals surface area contributed by atoms with E-state index in [4.69, 9.17) is 8.92 Å². The van der Waals surface area contributed by atoms with Crippen molar-refractivity contribution in [2.24, 2.45) is 0 Å². The Labute approximate surface area is 143 Å². The van der Waals surface area contributed by atoms with Crippen molar-refractivity contribution in [3.63, 3.8) is 0 Å². The van der Waals surface area contributed by atoms with Gasteiger partial charge in [-0.15, -0.1) is 0 Å². The van der Waals surface area contributed by atoms with Crippen LogP contribution in [-0.4, -0.2) is 17.4 Å². The molecule has 0 fully saturated rings. The summed E-state index contributed by atoms with van der Waals surface area (Å²) in [5.41, 5.74) is 1.06. The standard InChI is InChI=1S/C18H31NO3S/c1-4-6-7-8-9-10-14-21-17-12-11-16(3)15-18(17)22-23(20)19-13-5-2/h11-12,15,19H,4-10,13-14H2,1-3H3. The first kappa shape index (κ1) is 20.0. The van der Waals surface area contributed by atoms with Crippen LogP contribution in [0.1, 0.15) is 64.4 Å². The molecule has 0 radical (unpaired) electrons. The Morgan fingerprint density at radius 1 is 1.00 bits per heavy atom. The van der Waals surface area contributed by atoms with Crippen molar-refractivity contribution in [1.82, 2.24) is 4.72 Å². The van der Waals surface area contributed by atoms with Crippen LogP contribution in [0.2, 0.25) is 0 Å². The van der Waals surface area contributed by atoms with E-state index in [0.717, 1.165) is 18.4 Å². The highest BCUT2D eigenvalue weighted by Gasteiger charge is 2.09. The van der Waals surface area contributed by atoms with Crippen LogP contribution in [0.5, 0.6) is 11.5 Å². The highest BCUT2D eigenvalue weighted by atomic mass is 32.2. The fourth-order valence-electron chi connectivity index (χ4n) is 2.16. The number of hydrogen-bond donors (Lipinski definition) is 1. The molecule has 0 heterocycles. The molecule has 0 spiro atoms. The van der Waals surface area contributed by atoms with Crippen molar-refractivity contribution in [1.29, 1.82) is 0 Å². The number of aryl methyl sites for hydroxylation is 1. The second-order valence-electron chi connectivity index (χ2n) is 5.78. The van der Waals surface area contributed by atoms with E-state index in [1.165, 1.54) is 32.1 Å². The lowest BCUT2D eigenvalue weighted by molar-refractivity contribution is 0.296. The Morgan fingerprint density at radius 3 is 2.48 bits per heavy atom. The molecule has 0 aliphatic rings. The third-order valence-electron chi connectivity index (χ3n) is 3.49. The van der Waals surface area contributed by atoms with Crippen molar-refractivity contribution in [3.8, 4) is 11.5 Å². The number of unbranched alkanes of at least 4 members (excludes halogenated alkanes) is 5. The number of nitrogens with one attached hydrogen (secondary N) is 1. The van der Waals surface area contributed by atoms with Crippen LogP contribution < -0.4 is 13.6 Å². The lowest BCUT2D eigenvalue weighted by Gasteiger charge is -2.12. The van der Waals surface area contributed by atoms with Gasteiger partial charge in [0.05, 0.1) is 6.61 Å². The van der Waals surface area contributed by atoms with E-state index < -0.39 is 11.3 Å². The van der Waals surface area contributed by atoms with Gasteiger partial charge in [0.2, 0.25) is 0 Å². The van der Waals surface area contributed by atoms with E-state index in [-0.39, 0.29) is 0 Å². The molecule has 1 rings (SSSR count). The zero-order valence-corrected chi connectivity index (χ0v) is 15.5. The van der Waals surface area contributed by atoms with Crippen molar-refractivity contribution in [2.75, 3.05) is 13.2 Å². The van der Waals surface area contributed by atoms with E-state index in [0.29, 0.717) is 24.7 Å². The molecule has 0 saturated heterocycles. The Kier molecular flexibility index (Phi) is 10.7. The summed E-state index contributed by atoms with van der Waals surface area (Å²) in [6, 6.07) is 5.73. The lowest BCUT2D eigenvalue weighted by atomic mass is 10.1. The summed E-state index contributed by atoms with van der Waals surface area (Å²) in [7, 11) is 0. The predicted octanol–water partition coefficient (Wildman–Crippen LogP) is 4.69. The van der Waals surface area contributed by atoms with E-state index in [1.807, 2.05) is 32.0 Å². The first-order valence-electron chi connectivity index (χ1n) is 8.74. The average molecular weight is 342 g/mol. The van der Waals surface area contributed by atoms with Gasteiger partial charge in [-0.1, -0.05) is 52.0 Å². The third kappa shape index (κ3) is 8.96. The highest BCUT2D eigenvalue weighted by Crippen LogP contribution is 2.29. The van der Waals surface area contributed by atoms with Crippen LogP contribution in [0, 0.1) is 6.92 Å². The summed E-state index contributed by atoms with van der Waals surface area (Å²) in [5, 5.41) is 0. The highest BCUT2D eigenvalue weighted by molar-refractivity contribution is 7.78. The van der Waals surface area contributed by atoms with Gasteiger partial charge in [0, 0.05) is 6.54 Å². The van der Waals surface area contributed by atoms with Crippen LogP contribution in [0.15, 0.2) is 18.2 Å². The summed E-state index contributed by atoms with van der Waals surface area (Å²) in [6.07, 6.45) is 8.28. The van der Waals surface area contributed by atoms with E-state index in [9.17, 15) is 4.21 Å². The first-order chi connectivity index (χ1) is 11.2. The minimum absolute atomic E-state index is 0.540. The second kappa shape index (κ2) is 12.4. The zero-order chi connectivity index (χ0) is 16.9. The molecule has 1 aromatic rings. The zero-order valence-electron chi connectivity index (χ0n) is 14.7. The van der Waals surface area contributed by atoms with E-state index in [2.05, 4.69) is 11.6 Å². The summed E-state index contributed by atoms with van der Waals surface area (Å²) < 4.78 is 25.9. The maximum absolute atomic E-state index is 11.8. The average Bonchev–Trinajstić information content (AvgIpc) is 2.54. The molecule has 0 aliphatic carbocycles. The number of hydrogen-bond acceptors (Lipinski definition) is 3. The molecule has 132 valence electrons. The van der Waals surface area contributed by atoms with Crippen LogP contribution in [0.4, 0.5) is 0 Å². The summed E-state index contributed by atoms with van der Waals surface area (Å²) in [5.74, 6) is 1.20. The molecule has 1 unspecified atom stereocenters. The van der Waals surface area contributed by atoms with E-state index in [1.54, 1.807) is 0 Å². The smallest absolute Gasteiger partial charge is 0.288 e.